The molecule has 0 rings (SSSR count). The van der Waals surface area contributed by atoms with Crippen LogP contribution >= 0.6 is 0 Å². The highest BCUT2D eigenvalue weighted by Gasteiger charge is 2.25. The highest BCUT2D eigenvalue weighted by molar-refractivity contribution is 5.82. The van der Waals surface area contributed by atoms with Crippen LogP contribution in [0.1, 0.15) is 20.8 Å². The largest absolute Gasteiger partial charge is 0.480 e. The molecule has 0 aliphatic heterocycles. The number of urea groups is 1. The molecular formula is C11H19N3O3. The van der Waals surface area contributed by atoms with E-state index < -0.39 is 18.0 Å². The highest BCUT2D eigenvalue weighted by atomic mass is 16.4. The molecule has 17 heavy (non-hydrogen) atoms. The minimum atomic E-state index is -1.06. The number of amides is 2. The number of nitrogens with zero attached hydrogens (tertiary/aromatic N) is 2. The van der Waals surface area contributed by atoms with E-state index in [1.54, 1.807) is 20.8 Å². The van der Waals surface area contributed by atoms with Crippen molar-refractivity contribution >= 4 is 12.0 Å². The summed E-state index contributed by atoms with van der Waals surface area (Å²) in [5.74, 6) is -1.54. The average molecular weight is 241 g/mol. The van der Waals surface area contributed by atoms with Gasteiger partial charge in [-0.2, -0.15) is 5.26 Å². The molecule has 0 aromatic heterocycles. The molecule has 0 saturated carbocycles. The first-order valence-corrected chi connectivity index (χ1v) is 5.43. The van der Waals surface area contributed by atoms with Gasteiger partial charge in [-0.15, -0.1) is 0 Å². The van der Waals surface area contributed by atoms with E-state index in [9.17, 15) is 9.59 Å². The van der Waals surface area contributed by atoms with E-state index in [-0.39, 0.29) is 18.4 Å². The molecule has 0 bridgehead atoms. The lowest BCUT2D eigenvalue weighted by Gasteiger charge is -2.23. The Labute approximate surface area is 101 Å². The van der Waals surface area contributed by atoms with E-state index in [4.69, 9.17) is 10.4 Å². The Bertz CT molecular complexity index is 322. The second-order valence-corrected chi connectivity index (χ2v) is 4.42. The lowest BCUT2D eigenvalue weighted by Crippen LogP contribution is -2.49. The maximum atomic E-state index is 11.7. The van der Waals surface area contributed by atoms with E-state index >= 15 is 0 Å². The lowest BCUT2D eigenvalue weighted by atomic mass is 10.1. The molecule has 96 valence electrons. The van der Waals surface area contributed by atoms with Gasteiger partial charge >= 0.3 is 12.0 Å². The van der Waals surface area contributed by atoms with Gasteiger partial charge in [-0.25, -0.2) is 9.59 Å². The smallest absolute Gasteiger partial charge is 0.326 e. The molecule has 1 unspecified atom stereocenters. The minimum Gasteiger partial charge on any atom is -0.480 e. The van der Waals surface area contributed by atoms with Crippen LogP contribution in [0.25, 0.3) is 0 Å². The Morgan fingerprint density at radius 1 is 1.41 bits per heavy atom. The Morgan fingerprint density at radius 2 is 1.94 bits per heavy atom. The molecule has 0 fully saturated rings. The van der Waals surface area contributed by atoms with Gasteiger partial charge in [-0.3, -0.25) is 0 Å². The lowest BCUT2D eigenvalue weighted by molar-refractivity contribution is -0.140. The van der Waals surface area contributed by atoms with Gasteiger partial charge in [0.05, 0.1) is 12.0 Å². The van der Waals surface area contributed by atoms with Gasteiger partial charge in [-0.1, -0.05) is 13.8 Å². The molecule has 6 nitrogen and oxygen atoms in total. The highest BCUT2D eigenvalue weighted by Crippen LogP contribution is 2.03. The second-order valence-electron chi connectivity index (χ2n) is 4.42. The minimum absolute atomic E-state index is 0.196. The molecule has 0 aromatic carbocycles. The van der Waals surface area contributed by atoms with E-state index in [1.165, 1.54) is 11.9 Å². The molecule has 0 radical (unpaired) electrons. The fourth-order valence-electron chi connectivity index (χ4n) is 1.29. The summed E-state index contributed by atoms with van der Waals surface area (Å²) in [7, 11) is 1.53. The van der Waals surface area contributed by atoms with E-state index in [0.717, 1.165) is 0 Å². The molecule has 0 aliphatic carbocycles. The van der Waals surface area contributed by atoms with Crippen LogP contribution in [0.2, 0.25) is 0 Å². The third kappa shape index (κ3) is 5.20. The van der Waals surface area contributed by atoms with E-state index in [2.05, 4.69) is 5.32 Å². The molecule has 0 spiro atoms. The fourth-order valence-corrected chi connectivity index (χ4v) is 1.29. The zero-order valence-electron chi connectivity index (χ0n) is 10.6. The summed E-state index contributed by atoms with van der Waals surface area (Å²) in [6, 6.07) is 0.619. The first kappa shape index (κ1) is 15.2. The van der Waals surface area contributed by atoms with Crippen LogP contribution < -0.4 is 5.32 Å². The van der Waals surface area contributed by atoms with Crippen molar-refractivity contribution in [3.63, 3.8) is 0 Å². The second kappa shape index (κ2) is 6.74. The number of carboxylic acids is 1. The molecular weight excluding hydrogens is 222 g/mol. The first-order chi connectivity index (χ1) is 7.79. The number of nitrogens with one attached hydrogen (secondary N) is 1. The summed E-state index contributed by atoms with van der Waals surface area (Å²) < 4.78 is 0. The van der Waals surface area contributed by atoms with Crippen molar-refractivity contribution in [1.82, 2.24) is 10.2 Å². The summed E-state index contributed by atoms with van der Waals surface area (Å²) in [4.78, 5) is 23.9. The third-order valence-electron chi connectivity index (χ3n) is 2.33. The summed E-state index contributed by atoms with van der Waals surface area (Å²) in [6.45, 7) is 5.40. The Balaban J connectivity index is 4.42. The predicted octanol–water partition coefficient (Wildman–Crippen LogP) is 0.897. The molecule has 0 aromatic rings. The van der Waals surface area contributed by atoms with Crippen molar-refractivity contribution in [3.8, 4) is 6.07 Å². The molecule has 0 heterocycles. The Morgan fingerprint density at radius 3 is 2.29 bits per heavy atom. The van der Waals surface area contributed by atoms with Crippen molar-refractivity contribution in [2.24, 2.45) is 11.8 Å². The number of hydrogen-bond donors (Lipinski definition) is 2. The van der Waals surface area contributed by atoms with Crippen molar-refractivity contribution in [2.75, 3.05) is 13.6 Å². The molecule has 0 aliphatic rings. The third-order valence-corrected chi connectivity index (χ3v) is 2.33. The van der Waals surface area contributed by atoms with Crippen LogP contribution in [-0.2, 0) is 4.79 Å². The van der Waals surface area contributed by atoms with Crippen molar-refractivity contribution < 1.29 is 14.7 Å². The van der Waals surface area contributed by atoms with Crippen LogP contribution in [0.3, 0.4) is 0 Å². The Hall–Kier alpha value is -1.77. The Kier molecular flexibility index (Phi) is 6.03. The quantitative estimate of drug-likeness (QED) is 0.747. The van der Waals surface area contributed by atoms with Crippen molar-refractivity contribution in [3.05, 3.63) is 0 Å². The molecule has 0 saturated heterocycles. The van der Waals surface area contributed by atoms with Gasteiger partial charge < -0.3 is 15.3 Å². The van der Waals surface area contributed by atoms with Crippen molar-refractivity contribution in [2.45, 2.75) is 26.8 Å². The number of rotatable bonds is 5. The van der Waals surface area contributed by atoms with Gasteiger partial charge in [0.2, 0.25) is 0 Å². The van der Waals surface area contributed by atoms with Crippen molar-refractivity contribution in [1.29, 1.82) is 5.26 Å². The number of carbonyl (C=O) groups excluding carboxylic acids is 1. The van der Waals surface area contributed by atoms with Gasteiger partial charge in [0.15, 0.2) is 0 Å². The van der Waals surface area contributed by atoms with Gasteiger partial charge in [0.25, 0.3) is 0 Å². The van der Waals surface area contributed by atoms with Gasteiger partial charge in [0.1, 0.15) is 6.04 Å². The molecule has 2 atom stereocenters. The number of carbonyl (C=O) groups is 2. The van der Waals surface area contributed by atoms with Crippen LogP contribution in [0.5, 0.6) is 0 Å². The van der Waals surface area contributed by atoms with Crippen LogP contribution in [0.4, 0.5) is 4.79 Å². The first-order valence-electron chi connectivity index (χ1n) is 5.43. The summed E-state index contributed by atoms with van der Waals surface area (Å²) in [5.41, 5.74) is 0. The summed E-state index contributed by atoms with van der Waals surface area (Å²) in [5, 5.41) is 20.0. The average Bonchev–Trinajstić information content (AvgIpc) is 2.23. The van der Waals surface area contributed by atoms with Crippen LogP contribution in [0, 0.1) is 23.2 Å². The normalized spacial score (nSPS) is 13.6. The molecule has 6 heteroatoms. The summed E-state index contributed by atoms with van der Waals surface area (Å²) >= 11 is 0. The standard InChI is InChI=1S/C11H19N3O3/c1-7(2)9(10(15)16)13-11(17)14(4)6-8(3)5-12/h7-9H,6H2,1-4H3,(H,13,17)(H,15,16)/t8?,9-/m1/s1. The topological polar surface area (TPSA) is 93.4 Å². The SMILES string of the molecule is CC(C#N)CN(C)C(=O)N[C@@H](C(=O)O)C(C)C. The number of nitriles is 1. The molecule has 2 amide bonds. The van der Waals surface area contributed by atoms with Crippen LogP contribution in [0.15, 0.2) is 0 Å². The van der Waals surface area contributed by atoms with Gasteiger partial charge in [0, 0.05) is 13.6 Å². The zero-order chi connectivity index (χ0) is 13.6. The van der Waals surface area contributed by atoms with Crippen LogP contribution in [-0.4, -0.2) is 41.6 Å². The molecule has 2 N–H and O–H groups in total. The maximum absolute atomic E-state index is 11.7. The maximum Gasteiger partial charge on any atom is 0.326 e. The van der Waals surface area contributed by atoms with E-state index in [1.807, 2.05) is 6.07 Å². The van der Waals surface area contributed by atoms with E-state index in [0.29, 0.717) is 0 Å². The number of carboxylic acid groups (broad SMARTS) is 1. The monoisotopic (exact) mass is 241 g/mol. The summed E-state index contributed by atoms with van der Waals surface area (Å²) in [6.07, 6.45) is 0. The zero-order valence-corrected chi connectivity index (χ0v) is 10.6. The number of hydrogen-bond acceptors (Lipinski definition) is 3. The van der Waals surface area contributed by atoms with Gasteiger partial charge in [-0.05, 0) is 12.8 Å². The predicted molar refractivity (Wildman–Crippen MR) is 62.2 cm³/mol. The number of aliphatic carboxylic acids is 1. The fraction of sp³-hybridized carbons (Fsp3) is 0.727.